The number of rotatable bonds is 6. The van der Waals surface area contributed by atoms with Gasteiger partial charge in [0.2, 0.25) is 0 Å². The molecule has 7 nitrogen and oxygen atoms in total. The van der Waals surface area contributed by atoms with Crippen LogP contribution >= 0.6 is 0 Å². The van der Waals surface area contributed by atoms with E-state index in [2.05, 4.69) is 16.0 Å². The fourth-order valence-electron chi connectivity index (χ4n) is 3.36. The molecule has 3 aromatic rings. The van der Waals surface area contributed by atoms with Gasteiger partial charge in [-0.15, -0.1) is 0 Å². The van der Waals surface area contributed by atoms with E-state index in [1.165, 1.54) is 6.20 Å². The maximum absolute atomic E-state index is 12.8. The van der Waals surface area contributed by atoms with Gasteiger partial charge in [-0.3, -0.25) is 20.4 Å². The maximum atomic E-state index is 12.8. The maximum Gasteiger partial charge on any atom is 0.279 e. The van der Waals surface area contributed by atoms with E-state index < -0.39 is 17.9 Å². The summed E-state index contributed by atoms with van der Waals surface area (Å²) in [6.07, 6.45) is 0.739. The van der Waals surface area contributed by atoms with Gasteiger partial charge in [0.25, 0.3) is 11.8 Å². The Morgan fingerprint density at radius 1 is 0.969 bits per heavy atom. The molecule has 0 aliphatic carbocycles. The number of aromatic nitrogens is 2. The van der Waals surface area contributed by atoms with Crippen molar-refractivity contribution >= 4 is 11.8 Å². The molecule has 1 atom stereocenters. The number of hydrogen-bond acceptors (Lipinski definition) is 4. The number of hydrogen-bond donors (Lipinski definition) is 2. The summed E-state index contributed by atoms with van der Waals surface area (Å²) in [5.41, 5.74) is 10.2. The normalized spacial score (nSPS) is 11.8. The fraction of sp³-hybridized carbons (Fsp3) is 0.320. The summed E-state index contributed by atoms with van der Waals surface area (Å²) in [4.78, 5) is 25.3. The van der Waals surface area contributed by atoms with Crippen LogP contribution in [0.3, 0.4) is 0 Å². The fourth-order valence-corrected chi connectivity index (χ4v) is 3.36. The highest BCUT2D eigenvalue weighted by atomic mass is 16.5. The Kier molecular flexibility index (Phi) is 6.98. The van der Waals surface area contributed by atoms with Crippen LogP contribution in [0.25, 0.3) is 5.69 Å². The number of carbonyl (C=O) groups is 2. The van der Waals surface area contributed by atoms with Crippen molar-refractivity contribution in [3.05, 3.63) is 76.6 Å². The molecule has 0 fully saturated rings. The zero-order valence-corrected chi connectivity index (χ0v) is 19.4. The average molecular weight is 435 g/mol. The molecular weight excluding hydrogens is 404 g/mol. The van der Waals surface area contributed by atoms with Crippen molar-refractivity contribution in [1.29, 1.82) is 0 Å². The monoisotopic (exact) mass is 434 g/mol. The Bertz CT molecular complexity index is 1120. The molecule has 32 heavy (non-hydrogen) atoms. The number of aryl methyl sites for hydroxylation is 2. The first-order valence-electron chi connectivity index (χ1n) is 10.7. The second-order valence-electron chi connectivity index (χ2n) is 8.25. The van der Waals surface area contributed by atoms with Crippen LogP contribution < -0.4 is 15.6 Å². The number of carbonyl (C=O) groups excluding carboxylic acids is 2. The number of nitrogens with one attached hydrogen (secondary N) is 2. The predicted molar refractivity (Wildman–Crippen MR) is 124 cm³/mol. The number of amides is 2. The molecule has 1 unspecified atom stereocenters. The molecule has 0 bridgehead atoms. The molecule has 1 heterocycles. The van der Waals surface area contributed by atoms with E-state index in [0.29, 0.717) is 11.3 Å². The van der Waals surface area contributed by atoms with Crippen LogP contribution in [0.5, 0.6) is 5.75 Å². The standard InChI is InChI=1S/C25H30N4O3/c1-15(2)23-21(14-26-29(23)20-12-10-16(3)11-13-20)25(31)28-27-24(30)19(6)32-22-9-7-8-17(4)18(22)5/h7-15,19H,1-6H3,(H,27,30)(H,28,31). The molecule has 2 N–H and O–H groups in total. The van der Waals surface area contributed by atoms with Crippen molar-refractivity contribution in [3.8, 4) is 11.4 Å². The molecular formula is C25H30N4O3. The summed E-state index contributed by atoms with van der Waals surface area (Å²) in [6, 6.07) is 13.6. The molecule has 1 aromatic heterocycles. The van der Waals surface area contributed by atoms with E-state index in [-0.39, 0.29) is 5.92 Å². The molecule has 2 aromatic carbocycles. The van der Waals surface area contributed by atoms with Gasteiger partial charge in [-0.05, 0) is 62.9 Å². The van der Waals surface area contributed by atoms with Crippen LogP contribution in [0, 0.1) is 20.8 Å². The van der Waals surface area contributed by atoms with Crippen LogP contribution in [-0.2, 0) is 4.79 Å². The van der Waals surface area contributed by atoms with Gasteiger partial charge in [0, 0.05) is 0 Å². The van der Waals surface area contributed by atoms with Crippen molar-refractivity contribution in [1.82, 2.24) is 20.6 Å². The Morgan fingerprint density at radius 3 is 2.31 bits per heavy atom. The lowest BCUT2D eigenvalue weighted by atomic mass is 10.1. The molecule has 0 aliphatic rings. The van der Waals surface area contributed by atoms with Crippen LogP contribution in [0.2, 0.25) is 0 Å². The zero-order chi connectivity index (χ0) is 23.4. The third-order valence-electron chi connectivity index (χ3n) is 5.40. The molecule has 0 spiro atoms. The molecule has 0 radical (unpaired) electrons. The molecule has 3 rings (SSSR count). The second-order valence-corrected chi connectivity index (χ2v) is 8.25. The van der Waals surface area contributed by atoms with E-state index in [9.17, 15) is 9.59 Å². The van der Waals surface area contributed by atoms with Crippen LogP contribution in [0.4, 0.5) is 0 Å². The summed E-state index contributed by atoms with van der Waals surface area (Å²) < 4.78 is 7.54. The number of nitrogens with zero attached hydrogens (tertiary/aromatic N) is 2. The quantitative estimate of drug-likeness (QED) is 0.571. The molecule has 0 saturated carbocycles. The van der Waals surface area contributed by atoms with E-state index in [1.54, 1.807) is 11.6 Å². The van der Waals surface area contributed by atoms with Crippen molar-refractivity contribution in [2.45, 2.75) is 53.6 Å². The first-order chi connectivity index (χ1) is 15.2. The Morgan fingerprint density at radius 2 is 1.66 bits per heavy atom. The van der Waals surface area contributed by atoms with Crippen molar-refractivity contribution in [2.24, 2.45) is 0 Å². The number of hydrazine groups is 1. The highest BCUT2D eigenvalue weighted by Crippen LogP contribution is 2.24. The van der Waals surface area contributed by atoms with Gasteiger partial charge >= 0.3 is 0 Å². The first-order valence-corrected chi connectivity index (χ1v) is 10.7. The van der Waals surface area contributed by atoms with Gasteiger partial charge in [0.1, 0.15) is 5.75 Å². The summed E-state index contributed by atoms with van der Waals surface area (Å²) in [5.74, 6) is -0.196. The topological polar surface area (TPSA) is 85.3 Å². The van der Waals surface area contributed by atoms with Gasteiger partial charge in [-0.25, -0.2) is 4.68 Å². The summed E-state index contributed by atoms with van der Waals surface area (Å²) in [5, 5.41) is 4.41. The molecule has 0 aliphatic heterocycles. The molecule has 168 valence electrons. The van der Waals surface area contributed by atoms with Crippen molar-refractivity contribution in [3.63, 3.8) is 0 Å². The first kappa shape index (κ1) is 23.1. The number of ether oxygens (including phenoxy) is 1. The van der Waals surface area contributed by atoms with Crippen LogP contribution in [-0.4, -0.2) is 27.7 Å². The van der Waals surface area contributed by atoms with E-state index in [0.717, 1.165) is 28.1 Å². The van der Waals surface area contributed by atoms with Gasteiger partial charge in [0.05, 0.1) is 23.1 Å². The van der Waals surface area contributed by atoms with Crippen molar-refractivity contribution < 1.29 is 14.3 Å². The third-order valence-corrected chi connectivity index (χ3v) is 5.40. The molecule has 2 amide bonds. The molecule has 7 heteroatoms. The minimum Gasteiger partial charge on any atom is -0.481 e. The lowest BCUT2D eigenvalue weighted by Crippen LogP contribution is -2.47. The third kappa shape index (κ3) is 4.99. The van der Waals surface area contributed by atoms with Crippen molar-refractivity contribution in [2.75, 3.05) is 0 Å². The summed E-state index contributed by atoms with van der Waals surface area (Å²) >= 11 is 0. The Balaban J connectivity index is 1.70. The molecule has 0 saturated heterocycles. The van der Waals surface area contributed by atoms with Crippen LogP contribution in [0.1, 0.15) is 59.4 Å². The lowest BCUT2D eigenvalue weighted by Gasteiger charge is -2.17. The van der Waals surface area contributed by atoms with Gasteiger partial charge < -0.3 is 4.74 Å². The Hall–Kier alpha value is -3.61. The van der Waals surface area contributed by atoms with Gasteiger partial charge in [-0.2, -0.15) is 5.10 Å². The summed E-state index contributed by atoms with van der Waals surface area (Å²) in [7, 11) is 0. The number of benzene rings is 2. The predicted octanol–water partition coefficient (Wildman–Crippen LogP) is 4.15. The van der Waals surface area contributed by atoms with Gasteiger partial charge in [-0.1, -0.05) is 43.7 Å². The minimum absolute atomic E-state index is 0.0433. The minimum atomic E-state index is -0.782. The van der Waals surface area contributed by atoms with Crippen LogP contribution in [0.15, 0.2) is 48.7 Å². The highest BCUT2D eigenvalue weighted by molar-refractivity contribution is 5.96. The zero-order valence-electron chi connectivity index (χ0n) is 19.4. The van der Waals surface area contributed by atoms with E-state index in [4.69, 9.17) is 4.74 Å². The summed E-state index contributed by atoms with van der Waals surface area (Å²) in [6.45, 7) is 11.6. The average Bonchev–Trinajstić information content (AvgIpc) is 3.21. The van der Waals surface area contributed by atoms with E-state index in [1.807, 2.05) is 77.1 Å². The largest absolute Gasteiger partial charge is 0.481 e. The Labute approximate surface area is 188 Å². The second kappa shape index (κ2) is 9.68. The SMILES string of the molecule is Cc1ccc(-n2ncc(C(=O)NNC(=O)C(C)Oc3cccc(C)c3C)c2C(C)C)cc1. The lowest BCUT2D eigenvalue weighted by molar-refractivity contribution is -0.128. The highest BCUT2D eigenvalue weighted by Gasteiger charge is 2.22. The van der Waals surface area contributed by atoms with E-state index >= 15 is 0 Å². The van der Waals surface area contributed by atoms with Gasteiger partial charge in [0.15, 0.2) is 6.10 Å². The smallest absolute Gasteiger partial charge is 0.279 e.